The number of thioether (sulfide) groups is 1. The maximum absolute atomic E-state index is 4.52. The lowest BCUT2D eigenvalue weighted by Gasteiger charge is -2.21. The van der Waals surface area contributed by atoms with Crippen molar-refractivity contribution in [2.75, 3.05) is 12.3 Å². The molecule has 0 saturated carbocycles. The van der Waals surface area contributed by atoms with Gasteiger partial charge in [-0.15, -0.1) is 0 Å². The summed E-state index contributed by atoms with van der Waals surface area (Å²) in [5, 5.41) is 8.70. The van der Waals surface area contributed by atoms with Crippen molar-refractivity contribution < 1.29 is 0 Å². The van der Waals surface area contributed by atoms with E-state index in [-0.39, 0.29) is 0 Å². The van der Waals surface area contributed by atoms with Gasteiger partial charge >= 0.3 is 0 Å². The van der Waals surface area contributed by atoms with Crippen molar-refractivity contribution in [3.05, 3.63) is 18.5 Å². The van der Waals surface area contributed by atoms with Crippen molar-refractivity contribution in [1.29, 1.82) is 0 Å². The highest BCUT2D eigenvalue weighted by atomic mass is 32.2. The third-order valence-electron chi connectivity index (χ3n) is 2.44. The molecule has 0 fully saturated rings. The molecule has 1 aliphatic rings. The molecule has 0 amide bonds. The Morgan fingerprint density at radius 2 is 2.56 bits per heavy atom. The topological polar surface area (TPSA) is 42.2 Å². The van der Waals surface area contributed by atoms with E-state index in [1.54, 1.807) is 6.20 Å². The number of hydrogen-bond donors (Lipinski definition) is 1. The van der Waals surface area contributed by atoms with Gasteiger partial charge in [0, 0.05) is 30.7 Å². The normalized spacial score (nSPS) is 22.6. The van der Waals surface area contributed by atoms with E-state index in [1.165, 1.54) is 5.75 Å². The molecule has 16 heavy (non-hydrogen) atoms. The second-order valence-corrected chi connectivity index (χ2v) is 5.34. The number of rotatable bonds is 3. The van der Waals surface area contributed by atoms with E-state index < -0.39 is 0 Å². The fourth-order valence-electron chi connectivity index (χ4n) is 1.59. The van der Waals surface area contributed by atoms with Crippen LogP contribution in [0.5, 0.6) is 0 Å². The van der Waals surface area contributed by atoms with Crippen LogP contribution in [0.4, 0.5) is 0 Å². The van der Waals surface area contributed by atoms with E-state index in [4.69, 9.17) is 0 Å². The van der Waals surface area contributed by atoms with Crippen molar-refractivity contribution in [2.24, 2.45) is 10.9 Å². The molecule has 5 heteroatoms. The predicted molar refractivity (Wildman–Crippen MR) is 68.7 cm³/mol. The molecule has 2 rings (SSSR count). The highest BCUT2D eigenvalue weighted by molar-refractivity contribution is 8.13. The molecular formula is C11H18N4S. The number of nitrogens with zero attached hydrogens (tertiary/aromatic N) is 3. The zero-order valence-electron chi connectivity index (χ0n) is 9.76. The van der Waals surface area contributed by atoms with Gasteiger partial charge in [-0.25, -0.2) is 0 Å². The summed E-state index contributed by atoms with van der Waals surface area (Å²) >= 11 is 1.82. The number of amidine groups is 1. The van der Waals surface area contributed by atoms with E-state index in [0.29, 0.717) is 12.0 Å². The minimum absolute atomic E-state index is 0.361. The van der Waals surface area contributed by atoms with Crippen LogP contribution in [-0.2, 0) is 6.54 Å². The van der Waals surface area contributed by atoms with Gasteiger partial charge in [0.05, 0.1) is 6.54 Å². The van der Waals surface area contributed by atoms with Crippen molar-refractivity contribution in [1.82, 2.24) is 15.1 Å². The predicted octanol–water partition coefficient (Wildman–Crippen LogP) is 1.60. The van der Waals surface area contributed by atoms with E-state index in [9.17, 15) is 0 Å². The summed E-state index contributed by atoms with van der Waals surface area (Å²) in [7, 11) is 0. The van der Waals surface area contributed by atoms with Gasteiger partial charge in [-0.1, -0.05) is 18.7 Å². The lowest BCUT2D eigenvalue weighted by molar-refractivity contribution is 0.506. The molecule has 2 unspecified atom stereocenters. The van der Waals surface area contributed by atoms with Crippen LogP contribution in [0.2, 0.25) is 0 Å². The summed E-state index contributed by atoms with van der Waals surface area (Å²) in [5.74, 6) is 1.87. The molecule has 0 saturated heterocycles. The Labute approximate surface area is 101 Å². The summed E-state index contributed by atoms with van der Waals surface area (Å²) in [6.45, 7) is 6.22. The Kier molecular flexibility index (Phi) is 3.88. The minimum Gasteiger partial charge on any atom is -0.361 e. The molecule has 1 aromatic heterocycles. The van der Waals surface area contributed by atoms with Gasteiger partial charge in [0.25, 0.3) is 0 Å². The molecule has 0 radical (unpaired) electrons. The third-order valence-corrected chi connectivity index (χ3v) is 3.70. The molecule has 1 aromatic rings. The molecule has 88 valence electrons. The van der Waals surface area contributed by atoms with Gasteiger partial charge in [-0.05, 0) is 18.9 Å². The molecule has 4 nitrogen and oxygen atoms in total. The van der Waals surface area contributed by atoms with Gasteiger partial charge in [-0.2, -0.15) is 5.10 Å². The Morgan fingerprint density at radius 3 is 3.19 bits per heavy atom. The minimum atomic E-state index is 0.361. The highest BCUT2D eigenvalue weighted by Gasteiger charge is 2.13. The standard InChI is InChI=1S/C11H18N4S/c1-9-6-12-11(16-8-9)14-10(2)7-15-5-3-4-13-15/h3-5,9-10H,6-8H2,1-2H3,(H,12,14). The van der Waals surface area contributed by atoms with Crippen LogP contribution in [0.1, 0.15) is 13.8 Å². The second-order valence-electron chi connectivity index (χ2n) is 4.34. The molecule has 0 spiro atoms. The SMILES string of the molecule is CC1CN=C(NC(C)Cn2cccn2)SC1. The van der Waals surface area contributed by atoms with Crippen LogP contribution in [-0.4, -0.2) is 33.3 Å². The molecule has 2 heterocycles. The quantitative estimate of drug-likeness (QED) is 0.869. The fourth-order valence-corrected chi connectivity index (χ4v) is 2.59. The smallest absolute Gasteiger partial charge is 0.156 e. The molecule has 0 aliphatic carbocycles. The van der Waals surface area contributed by atoms with Crippen LogP contribution in [0.3, 0.4) is 0 Å². The van der Waals surface area contributed by atoms with Crippen LogP contribution < -0.4 is 5.32 Å². The van der Waals surface area contributed by atoms with Crippen molar-refractivity contribution >= 4 is 16.9 Å². The van der Waals surface area contributed by atoms with E-state index in [1.807, 2.05) is 28.7 Å². The van der Waals surface area contributed by atoms with Crippen molar-refractivity contribution in [2.45, 2.75) is 26.4 Å². The largest absolute Gasteiger partial charge is 0.361 e. The fraction of sp³-hybridized carbons (Fsp3) is 0.636. The lowest BCUT2D eigenvalue weighted by Crippen LogP contribution is -2.36. The Bertz CT molecular complexity index is 347. The first kappa shape index (κ1) is 11.5. The number of aromatic nitrogens is 2. The first-order valence-corrected chi connectivity index (χ1v) is 6.64. The summed E-state index contributed by atoms with van der Waals surface area (Å²) in [4.78, 5) is 4.52. The van der Waals surface area contributed by atoms with E-state index >= 15 is 0 Å². The Morgan fingerprint density at radius 1 is 1.69 bits per heavy atom. The van der Waals surface area contributed by atoms with E-state index in [2.05, 4.69) is 29.3 Å². The molecular weight excluding hydrogens is 220 g/mol. The van der Waals surface area contributed by atoms with Crippen molar-refractivity contribution in [3.8, 4) is 0 Å². The van der Waals surface area contributed by atoms with Gasteiger partial charge < -0.3 is 5.32 Å². The Hall–Kier alpha value is -0.970. The number of aliphatic imine (C=N–C) groups is 1. The average molecular weight is 238 g/mol. The summed E-state index contributed by atoms with van der Waals surface area (Å²) < 4.78 is 1.94. The van der Waals surface area contributed by atoms with Gasteiger partial charge in [0.1, 0.15) is 0 Å². The van der Waals surface area contributed by atoms with Crippen molar-refractivity contribution in [3.63, 3.8) is 0 Å². The number of nitrogens with one attached hydrogen (secondary N) is 1. The maximum Gasteiger partial charge on any atom is 0.156 e. The zero-order valence-corrected chi connectivity index (χ0v) is 10.6. The number of hydrogen-bond acceptors (Lipinski definition) is 4. The van der Waals surface area contributed by atoms with Gasteiger partial charge in [-0.3, -0.25) is 9.67 Å². The van der Waals surface area contributed by atoms with E-state index in [0.717, 1.165) is 18.3 Å². The van der Waals surface area contributed by atoms with Crippen LogP contribution in [0.25, 0.3) is 0 Å². The molecule has 2 atom stereocenters. The molecule has 1 N–H and O–H groups in total. The lowest BCUT2D eigenvalue weighted by atomic mass is 10.2. The first-order chi connectivity index (χ1) is 7.74. The highest BCUT2D eigenvalue weighted by Crippen LogP contribution is 2.15. The molecule has 0 bridgehead atoms. The summed E-state index contributed by atoms with van der Waals surface area (Å²) in [5.41, 5.74) is 0. The van der Waals surface area contributed by atoms with Gasteiger partial charge in [0.2, 0.25) is 0 Å². The third kappa shape index (κ3) is 3.27. The monoisotopic (exact) mass is 238 g/mol. The average Bonchev–Trinajstić information content (AvgIpc) is 2.74. The van der Waals surface area contributed by atoms with Gasteiger partial charge in [0.15, 0.2) is 5.17 Å². The van der Waals surface area contributed by atoms with Crippen LogP contribution in [0, 0.1) is 5.92 Å². The maximum atomic E-state index is 4.52. The summed E-state index contributed by atoms with van der Waals surface area (Å²) in [6, 6.07) is 2.31. The zero-order chi connectivity index (χ0) is 11.4. The summed E-state index contributed by atoms with van der Waals surface area (Å²) in [6.07, 6.45) is 3.79. The Balaban J connectivity index is 1.81. The second kappa shape index (κ2) is 5.39. The van der Waals surface area contributed by atoms with Crippen LogP contribution in [0.15, 0.2) is 23.5 Å². The molecule has 0 aromatic carbocycles. The first-order valence-electron chi connectivity index (χ1n) is 5.65. The molecule has 1 aliphatic heterocycles. The van der Waals surface area contributed by atoms with Crippen LogP contribution >= 0.6 is 11.8 Å².